The van der Waals surface area contributed by atoms with Crippen LogP contribution in [0.4, 0.5) is 0 Å². The third-order valence-corrected chi connectivity index (χ3v) is 4.24. The summed E-state index contributed by atoms with van der Waals surface area (Å²) in [5.74, 6) is 0.501. The van der Waals surface area contributed by atoms with Gasteiger partial charge >= 0.3 is 0 Å². The number of halogens is 1. The van der Waals surface area contributed by atoms with Gasteiger partial charge in [-0.3, -0.25) is 14.5 Å². The van der Waals surface area contributed by atoms with Gasteiger partial charge in [-0.05, 0) is 37.2 Å². The highest BCUT2D eigenvalue weighted by Crippen LogP contribution is 2.24. The number of carbonyl (C=O) groups is 1. The topological polar surface area (TPSA) is 50.8 Å². The maximum absolute atomic E-state index is 11.8. The Hall–Kier alpha value is -2.08. The fraction of sp³-hybridized carbons (Fsp3) is 0.316. The molecule has 0 spiro atoms. The number of carbonyl (C=O) groups excluding carboxylic acids is 1. The lowest BCUT2D eigenvalue weighted by atomic mass is 10.1. The minimum atomic E-state index is -0.289. The molecule has 0 aliphatic heterocycles. The second-order valence-electron chi connectivity index (χ2n) is 5.80. The first-order chi connectivity index (χ1) is 12.0. The predicted octanol–water partition coefficient (Wildman–Crippen LogP) is 3.42. The molecule has 5 nitrogen and oxygen atoms in total. The summed E-state index contributed by atoms with van der Waals surface area (Å²) in [6.07, 6.45) is 0. The van der Waals surface area contributed by atoms with E-state index in [0.29, 0.717) is 23.9 Å². The van der Waals surface area contributed by atoms with Crippen LogP contribution in [-0.2, 0) is 22.8 Å². The lowest BCUT2D eigenvalue weighted by Gasteiger charge is -2.23. The van der Waals surface area contributed by atoms with Crippen molar-refractivity contribution in [3.8, 4) is 5.75 Å². The van der Waals surface area contributed by atoms with Crippen LogP contribution in [0.2, 0.25) is 5.02 Å². The Kier molecular flexibility index (Phi) is 7.25. The summed E-state index contributed by atoms with van der Waals surface area (Å²) in [5.41, 5.74) is 4.51. The zero-order valence-electron chi connectivity index (χ0n) is 14.7. The van der Waals surface area contributed by atoms with Crippen LogP contribution in [-0.4, -0.2) is 31.0 Å². The van der Waals surface area contributed by atoms with Gasteiger partial charge in [0.2, 0.25) is 0 Å². The van der Waals surface area contributed by atoms with Crippen molar-refractivity contribution in [2.45, 2.75) is 26.1 Å². The van der Waals surface area contributed by atoms with Crippen molar-refractivity contribution in [2.24, 2.45) is 0 Å². The molecule has 1 atom stereocenters. The summed E-state index contributed by atoms with van der Waals surface area (Å²) in [4.78, 5) is 18.4. The van der Waals surface area contributed by atoms with Crippen LogP contribution in [0.15, 0.2) is 48.5 Å². The number of hydrogen-bond donors (Lipinski definition) is 1. The van der Waals surface area contributed by atoms with E-state index in [1.54, 1.807) is 6.07 Å². The molecule has 134 valence electrons. The zero-order valence-corrected chi connectivity index (χ0v) is 15.4. The number of hydroxylamine groups is 1. The SMILES string of the molecule is CONC(=O)C(C)N(C)Cc1ccc(COc2ccccc2Cl)cc1. The van der Waals surface area contributed by atoms with Crippen molar-refractivity contribution < 1.29 is 14.4 Å². The molecule has 1 amide bonds. The highest BCUT2D eigenvalue weighted by Gasteiger charge is 2.17. The maximum Gasteiger partial charge on any atom is 0.260 e. The van der Waals surface area contributed by atoms with Gasteiger partial charge in [-0.2, -0.15) is 0 Å². The number of likely N-dealkylation sites (N-methyl/N-ethyl adjacent to an activating group) is 1. The molecule has 0 aliphatic carbocycles. The maximum atomic E-state index is 11.8. The first kappa shape index (κ1) is 19.2. The second-order valence-corrected chi connectivity index (χ2v) is 6.20. The van der Waals surface area contributed by atoms with E-state index in [4.69, 9.17) is 16.3 Å². The van der Waals surface area contributed by atoms with Crippen LogP contribution in [0.3, 0.4) is 0 Å². The molecule has 25 heavy (non-hydrogen) atoms. The molecule has 0 bridgehead atoms. The fourth-order valence-electron chi connectivity index (χ4n) is 2.27. The zero-order chi connectivity index (χ0) is 18.2. The highest BCUT2D eigenvalue weighted by atomic mass is 35.5. The first-order valence-corrected chi connectivity index (χ1v) is 8.37. The molecule has 2 rings (SSSR count). The third kappa shape index (κ3) is 5.74. The number of para-hydroxylation sites is 1. The van der Waals surface area contributed by atoms with Crippen LogP contribution in [0.5, 0.6) is 5.75 Å². The van der Waals surface area contributed by atoms with Gasteiger partial charge in [0.15, 0.2) is 0 Å². The largest absolute Gasteiger partial charge is 0.487 e. The molecule has 2 aromatic carbocycles. The summed E-state index contributed by atoms with van der Waals surface area (Å²) in [7, 11) is 3.32. The van der Waals surface area contributed by atoms with Crippen molar-refractivity contribution in [3.63, 3.8) is 0 Å². The lowest BCUT2D eigenvalue weighted by Crippen LogP contribution is -2.42. The van der Waals surface area contributed by atoms with Crippen molar-refractivity contribution in [1.29, 1.82) is 0 Å². The Balaban J connectivity index is 1.89. The lowest BCUT2D eigenvalue weighted by molar-refractivity contribution is -0.136. The molecule has 2 aromatic rings. The second kappa shape index (κ2) is 9.42. The van der Waals surface area contributed by atoms with Crippen LogP contribution in [0, 0.1) is 0 Å². The molecule has 0 saturated heterocycles. The summed E-state index contributed by atoms with van der Waals surface area (Å²) in [5, 5.41) is 0.601. The Morgan fingerprint density at radius 1 is 1.16 bits per heavy atom. The van der Waals surface area contributed by atoms with E-state index in [-0.39, 0.29) is 11.9 Å². The van der Waals surface area contributed by atoms with Crippen LogP contribution < -0.4 is 10.2 Å². The van der Waals surface area contributed by atoms with E-state index in [0.717, 1.165) is 11.1 Å². The summed E-state index contributed by atoms with van der Waals surface area (Å²) in [6, 6.07) is 15.2. The molecule has 0 aliphatic rings. The highest BCUT2D eigenvalue weighted by molar-refractivity contribution is 6.32. The Bertz CT molecular complexity index is 691. The normalized spacial score (nSPS) is 12.0. The molecular formula is C19H23ClN2O3. The number of ether oxygens (including phenoxy) is 1. The molecular weight excluding hydrogens is 340 g/mol. The first-order valence-electron chi connectivity index (χ1n) is 7.99. The molecule has 0 saturated carbocycles. The number of rotatable bonds is 8. The minimum Gasteiger partial charge on any atom is -0.487 e. The van der Waals surface area contributed by atoms with Gasteiger partial charge < -0.3 is 4.74 Å². The number of amides is 1. The van der Waals surface area contributed by atoms with Crippen molar-refractivity contribution in [3.05, 3.63) is 64.7 Å². The van der Waals surface area contributed by atoms with Gasteiger partial charge in [0.05, 0.1) is 18.2 Å². The van der Waals surface area contributed by atoms with E-state index in [9.17, 15) is 4.79 Å². The molecule has 6 heteroatoms. The van der Waals surface area contributed by atoms with E-state index in [1.807, 2.05) is 61.3 Å². The standard InChI is InChI=1S/C19H23ClN2O3/c1-14(19(23)21-24-3)22(2)12-15-8-10-16(11-9-15)13-25-18-7-5-4-6-17(18)20/h4-11,14H,12-13H2,1-3H3,(H,21,23). The van der Waals surface area contributed by atoms with Crippen LogP contribution in [0.25, 0.3) is 0 Å². The van der Waals surface area contributed by atoms with Gasteiger partial charge in [0, 0.05) is 6.54 Å². The Morgan fingerprint density at radius 3 is 2.44 bits per heavy atom. The number of hydrogen-bond acceptors (Lipinski definition) is 4. The van der Waals surface area contributed by atoms with Crippen LogP contribution in [0.1, 0.15) is 18.1 Å². The van der Waals surface area contributed by atoms with Gasteiger partial charge in [0.1, 0.15) is 12.4 Å². The van der Waals surface area contributed by atoms with Crippen molar-refractivity contribution in [2.75, 3.05) is 14.2 Å². The average Bonchev–Trinajstić information content (AvgIpc) is 2.61. The monoisotopic (exact) mass is 362 g/mol. The number of nitrogens with one attached hydrogen (secondary N) is 1. The molecule has 0 radical (unpaired) electrons. The summed E-state index contributed by atoms with van der Waals surface area (Å²) >= 11 is 6.08. The third-order valence-electron chi connectivity index (χ3n) is 3.93. The minimum absolute atomic E-state index is 0.172. The fourth-order valence-corrected chi connectivity index (χ4v) is 2.47. The number of benzene rings is 2. The Labute approximate surface area is 153 Å². The van der Waals surface area contributed by atoms with Gasteiger partial charge in [-0.15, -0.1) is 0 Å². The van der Waals surface area contributed by atoms with E-state index in [1.165, 1.54) is 7.11 Å². The summed E-state index contributed by atoms with van der Waals surface area (Å²) in [6.45, 7) is 2.94. The molecule has 0 heterocycles. The Morgan fingerprint density at radius 2 is 1.80 bits per heavy atom. The van der Waals surface area contributed by atoms with Gasteiger partial charge in [-0.1, -0.05) is 48.0 Å². The van der Waals surface area contributed by atoms with Crippen LogP contribution >= 0.6 is 11.6 Å². The molecule has 0 fully saturated rings. The van der Waals surface area contributed by atoms with Crippen molar-refractivity contribution >= 4 is 17.5 Å². The molecule has 1 unspecified atom stereocenters. The van der Waals surface area contributed by atoms with Gasteiger partial charge in [0.25, 0.3) is 5.91 Å². The average molecular weight is 363 g/mol. The van der Waals surface area contributed by atoms with E-state index >= 15 is 0 Å². The smallest absolute Gasteiger partial charge is 0.260 e. The predicted molar refractivity (Wildman–Crippen MR) is 98.3 cm³/mol. The quantitative estimate of drug-likeness (QED) is 0.731. The molecule has 1 N–H and O–H groups in total. The summed E-state index contributed by atoms with van der Waals surface area (Å²) < 4.78 is 5.73. The van der Waals surface area contributed by atoms with Gasteiger partial charge in [-0.25, -0.2) is 5.48 Å². The molecule has 0 aromatic heterocycles. The van der Waals surface area contributed by atoms with E-state index in [2.05, 4.69) is 10.3 Å². The van der Waals surface area contributed by atoms with Crippen molar-refractivity contribution in [1.82, 2.24) is 10.4 Å². The number of nitrogens with zero attached hydrogens (tertiary/aromatic N) is 1. The van der Waals surface area contributed by atoms with E-state index < -0.39 is 0 Å².